The highest BCUT2D eigenvalue weighted by Crippen LogP contribution is 2.22. The summed E-state index contributed by atoms with van der Waals surface area (Å²) in [6.07, 6.45) is 1.76. The van der Waals surface area contributed by atoms with E-state index in [1.54, 1.807) is 11.3 Å². The fourth-order valence-corrected chi connectivity index (χ4v) is 2.61. The van der Waals surface area contributed by atoms with Gasteiger partial charge in [0.25, 0.3) is 0 Å². The maximum atomic E-state index is 8.68. The lowest BCUT2D eigenvalue weighted by Gasteiger charge is -2.01. The number of thiazole rings is 1. The number of aliphatic hydroxyl groups excluding tert-OH is 1. The molecule has 0 aliphatic heterocycles. The van der Waals surface area contributed by atoms with Crippen LogP contribution in [-0.4, -0.2) is 29.8 Å². The molecule has 4 heteroatoms. The lowest BCUT2D eigenvalue weighted by atomic mass is 10.1. The van der Waals surface area contributed by atoms with Crippen LogP contribution in [0.3, 0.4) is 0 Å². The monoisotopic (exact) mass is 276 g/mol. The Balaban J connectivity index is 1.86. The Kier molecular flexibility index (Phi) is 5.51. The molecule has 0 aliphatic carbocycles. The highest BCUT2D eigenvalue weighted by molar-refractivity contribution is 7.09. The van der Waals surface area contributed by atoms with Gasteiger partial charge in [-0.15, -0.1) is 11.3 Å². The number of hydrogen-bond acceptors (Lipinski definition) is 4. The molecule has 0 fully saturated rings. The second-order valence-electron chi connectivity index (χ2n) is 4.57. The summed E-state index contributed by atoms with van der Waals surface area (Å²) in [6, 6.07) is 8.47. The van der Waals surface area contributed by atoms with Crippen LogP contribution in [0.4, 0.5) is 0 Å². The van der Waals surface area contributed by atoms with E-state index in [1.807, 2.05) is 0 Å². The number of aliphatic hydroxyl groups is 1. The van der Waals surface area contributed by atoms with Gasteiger partial charge in [0.1, 0.15) is 0 Å². The first kappa shape index (κ1) is 14.2. The largest absolute Gasteiger partial charge is 0.396 e. The molecule has 2 N–H and O–H groups in total. The molecule has 0 amide bonds. The minimum absolute atomic E-state index is 0.252. The van der Waals surface area contributed by atoms with Crippen molar-refractivity contribution in [2.75, 3.05) is 19.7 Å². The predicted octanol–water partition coefficient (Wildman–Crippen LogP) is 2.63. The minimum Gasteiger partial charge on any atom is -0.396 e. The van der Waals surface area contributed by atoms with Crippen molar-refractivity contribution >= 4 is 11.3 Å². The van der Waals surface area contributed by atoms with Crippen molar-refractivity contribution in [1.82, 2.24) is 10.3 Å². The summed E-state index contributed by atoms with van der Waals surface area (Å²) in [5, 5.41) is 15.3. The Hall–Kier alpha value is -1.23. The van der Waals surface area contributed by atoms with Crippen LogP contribution in [0.1, 0.15) is 17.0 Å². The molecule has 0 aliphatic rings. The van der Waals surface area contributed by atoms with Gasteiger partial charge in [0, 0.05) is 30.5 Å². The first-order valence-corrected chi connectivity index (χ1v) is 7.50. The summed E-state index contributed by atoms with van der Waals surface area (Å²) >= 11 is 1.71. The normalized spacial score (nSPS) is 10.8. The number of aryl methyl sites for hydroxylation is 1. The summed E-state index contributed by atoms with van der Waals surface area (Å²) in [4.78, 5) is 4.66. The molecule has 0 atom stereocenters. The Morgan fingerprint density at radius 1 is 1.21 bits per heavy atom. The zero-order chi connectivity index (χ0) is 13.5. The third kappa shape index (κ3) is 4.42. The van der Waals surface area contributed by atoms with E-state index in [9.17, 15) is 0 Å². The molecule has 0 saturated carbocycles. The molecule has 0 saturated heterocycles. The summed E-state index contributed by atoms with van der Waals surface area (Å²) < 4.78 is 0. The maximum Gasteiger partial charge on any atom is 0.0945 e. The molecule has 0 bridgehead atoms. The molecule has 0 radical (unpaired) electrons. The highest BCUT2D eigenvalue weighted by atomic mass is 32.1. The van der Waals surface area contributed by atoms with Crippen molar-refractivity contribution in [2.45, 2.75) is 19.8 Å². The molecule has 3 nitrogen and oxygen atoms in total. The SMILES string of the molecule is Cc1ccc(-c2csc(CCNCCCO)n2)cc1. The molecule has 2 rings (SSSR count). The van der Waals surface area contributed by atoms with Gasteiger partial charge in [-0.1, -0.05) is 29.8 Å². The quantitative estimate of drug-likeness (QED) is 0.764. The van der Waals surface area contributed by atoms with Gasteiger partial charge in [0.2, 0.25) is 0 Å². The Bertz CT molecular complexity index is 493. The maximum absolute atomic E-state index is 8.68. The van der Waals surface area contributed by atoms with Crippen molar-refractivity contribution in [3.63, 3.8) is 0 Å². The second kappa shape index (κ2) is 7.38. The van der Waals surface area contributed by atoms with Crippen molar-refractivity contribution in [2.24, 2.45) is 0 Å². The number of aromatic nitrogens is 1. The summed E-state index contributed by atoms with van der Waals surface area (Å²) in [5.74, 6) is 0. The molecule has 0 unspecified atom stereocenters. The molecule has 19 heavy (non-hydrogen) atoms. The Morgan fingerprint density at radius 2 is 2.00 bits per heavy atom. The average Bonchev–Trinajstić information content (AvgIpc) is 2.88. The molecule has 1 aromatic heterocycles. The van der Waals surface area contributed by atoms with E-state index in [-0.39, 0.29) is 6.61 Å². The lowest BCUT2D eigenvalue weighted by molar-refractivity contribution is 0.286. The zero-order valence-electron chi connectivity index (χ0n) is 11.2. The summed E-state index contributed by atoms with van der Waals surface area (Å²) in [6.45, 7) is 4.13. The van der Waals surface area contributed by atoms with Crippen molar-refractivity contribution in [1.29, 1.82) is 0 Å². The van der Waals surface area contributed by atoms with Gasteiger partial charge in [-0.05, 0) is 19.9 Å². The molecular formula is C15H20N2OS. The van der Waals surface area contributed by atoms with Crippen LogP contribution in [0.25, 0.3) is 11.3 Å². The van der Waals surface area contributed by atoms with Crippen LogP contribution in [0.2, 0.25) is 0 Å². The molecule has 2 aromatic rings. The molecule has 102 valence electrons. The van der Waals surface area contributed by atoms with E-state index in [1.165, 1.54) is 11.1 Å². The van der Waals surface area contributed by atoms with E-state index in [2.05, 4.69) is 46.9 Å². The third-order valence-corrected chi connectivity index (χ3v) is 3.83. The van der Waals surface area contributed by atoms with Crippen LogP contribution in [-0.2, 0) is 6.42 Å². The average molecular weight is 276 g/mol. The van der Waals surface area contributed by atoms with Gasteiger partial charge >= 0.3 is 0 Å². The number of rotatable bonds is 7. The fourth-order valence-electron chi connectivity index (χ4n) is 1.81. The fraction of sp³-hybridized carbons (Fsp3) is 0.400. The minimum atomic E-state index is 0.252. The number of nitrogens with one attached hydrogen (secondary N) is 1. The topological polar surface area (TPSA) is 45.1 Å². The van der Waals surface area contributed by atoms with Gasteiger partial charge in [0.15, 0.2) is 0 Å². The molecule has 1 aromatic carbocycles. The van der Waals surface area contributed by atoms with Gasteiger partial charge in [-0.25, -0.2) is 4.98 Å². The third-order valence-electron chi connectivity index (χ3n) is 2.93. The standard InChI is InChI=1S/C15H20N2OS/c1-12-3-5-13(6-4-12)14-11-19-15(17-14)7-9-16-8-2-10-18/h3-6,11,16,18H,2,7-10H2,1H3. The van der Waals surface area contributed by atoms with E-state index >= 15 is 0 Å². The lowest BCUT2D eigenvalue weighted by Crippen LogP contribution is -2.19. The van der Waals surface area contributed by atoms with Gasteiger partial charge in [-0.2, -0.15) is 0 Å². The van der Waals surface area contributed by atoms with E-state index in [0.29, 0.717) is 0 Å². The number of benzene rings is 1. The van der Waals surface area contributed by atoms with Gasteiger partial charge < -0.3 is 10.4 Å². The zero-order valence-corrected chi connectivity index (χ0v) is 12.0. The summed E-state index contributed by atoms with van der Waals surface area (Å²) in [7, 11) is 0. The van der Waals surface area contributed by atoms with Crippen molar-refractivity contribution < 1.29 is 5.11 Å². The second-order valence-corrected chi connectivity index (χ2v) is 5.51. The Morgan fingerprint density at radius 3 is 2.74 bits per heavy atom. The summed E-state index contributed by atoms with van der Waals surface area (Å²) in [5.41, 5.74) is 3.52. The van der Waals surface area contributed by atoms with Gasteiger partial charge in [0.05, 0.1) is 10.7 Å². The van der Waals surface area contributed by atoms with Crippen LogP contribution >= 0.6 is 11.3 Å². The first-order chi connectivity index (χ1) is 9.29. The number of hydrogen-bond donors (Lipinski definition) is 2. The molecular weight excluding hydrogens is 256 g/mol. The molecule has 1 heterocycles. The van der Waals surface area contributed by atoms with Crippen molar-refractivity contribution in [3.8, 4) is 11.3 Å². The molecule has 0 spiro atoms. The Labute approximate surface area is 118 Å². The highest BCUT2D eigenvalue weighted by Gasteiger charge is 2.04. The number of nitrogens with zero attached hydrogens (tertiary/aromatic N) is 1. The van der Waals surface area contributed by atoms with Crippen LogP contribution in [0, 0.1) is 6.92 Å². The van der Waals surface area contributed by atoms with Crippen molar-refractivity contribution in [3.05, 3.63) is 40.2 Å². The van der Waals surface area contributed by atoms with E-state index in [0.717, 1.165) is 36.6 Å². The van der Waals surface area contributed by atoms with E-state index < -0.39 is 0 Å². The predicted molar refractivity (Wildman–Crippen MR) is 80.6 cm³/mol. The van der Waals surface area contributed by atoms with Crippen LogP contribution < -0.4 is 5.32 Å². The van der Waals surface area contributed by atoms with Crippen LogP contribution in [0.5, 0.6) is 0 Å². The van der Waals surface area contributed by atoms with E-state index in [4.69, 9.17) is 5.11 Å². The van der Waals surface area contributed by atoms with Crippen LogP contribution in [0.15, 0.2) is 29.6 Å². The van der Waals surface area contributed by atoms with Gasteiger partial charge in [-0.3, -0.25) is 0 Å². The smallest absolute Gasteiger partial charge is 0.0945 e. The first-order valence-electron chi connectivity index (χ1n) is 6.62.